The third-order valence-corrected chi connectivity index (χ3v) is 3.33. The van der Waals surface area contributed by atoms with Gasteiger partial charge in [0.25, 0.3) is 0 Å². The van der Waals surface area contributed by atoms with Crippen molar-refractivity contribution < 1.29 is 0 Å². The summed E-state index contributed by atoms with van der Waals surface area (Å²) >= 11 is 0. The summed E-state index contributed by atoms with van der Waals surface area (Å²) in [6, 6.07) is 8.08. The molecular weight excluding hydrogens is 224 g/mol. The molecule has 4 nitrogen and oxygen atoms in total. The molecule has 0 aliphatic carbocycles. The topological polar surface area (TPSA) is 55.7 Å². The van der Waals surface area contributed by atoms with Crippen molar-refractivity contribution in [2.24, 2.45) is 0 Å². The van der Waals surface area contributed by atoms with Crippen LogP contribution in [0.5, 0.6) is 0 Å². The molecule has 1 aliphatic heterocycles. The van der Waals surface area contributed by atoms with Crippen molar-refractivity contribution in [3.8, 4) is 17.3 Å². The van der Waals surface area contributed by atoms with Crippen molar-refractivity contribution in [2.45, 2.75) is 12.8 Å². The van der Waals surface area contributed by atoms with Gasteiger partial charge in [-0.25, -0.2) is 0 Å². The van der Waals surface area contributed by atoms with E-state index in [0.717, 1.165) is 35.7 Å². The molecular formula is C14H14N4. The van der Waals surface area contributed by atoms with Gasteiger partial charge in [-0.3, -0.25) is 4.98 Å². The smallest absolute Gasteiger partial charge is 0.124 e. The molecule has 2 aromatic heterocycles. The average Bonchev–Trinajstić information content (AvgIpc) is 3.08. The Labute approximate surface area is 106 Å². The van der Waals surface area contributed by atoms with Gasteiger partial charge in [-0.15, -0.1) is 0 Å². The Morgan fingerprint density at radius 1 is 1.22 bits per heavy atom. The molecule has 0 amide bonds. The van der Waals surface area contributed by atoms with Crippen molar-refractivity contribution in [1.82, 2.24) is 9.97 Å². The summed E-state index contributed by atoms with van der Waals surface area (Å²) in [5.74, 6) is 0.960. The first-order valence-electron chi connectivity index (χ1n) is 6.17. The van der Waals surface area contributed by atoms with Gasteiger partial charge in [-0.05, 0) is 31.0 Å². The maximum absolute atomic E-state index is 9.23. The van der Waals surface area contributed by atoms with E-state index in [0.29, 0.717) is 0 Å². The van der Waals surface area contributed by atoms with Crippen molar-refractivity contribution in [3.63, 3.8) is 0 Å². The Morgan fingerprint density at radius 2 is 1.94 bits per heavy atom. The quantitative estimate of drug-likeness (QED) is 0.874. The molecule has 0 unspecified atom stereocenters. The van der Waals surface area contributed by atoms with Crippen molar-refractivity contribution in [2.75, 3.05) is 18.0 Å². The fourth-order valence-corrected chi connectivity index (χ4v) is 2.41. The standard InChI is InChI=1S/C14H14N4/c15-10-12-9-13(11-3-5-16-6-4-11)17-14(12)18-7-1-2-8-18/h3-6,9,17H,1-2,7-8H2. The van der Waals surface area contributed by atoms with Crippen LogP contribution in [-0.2, 0) is 0 Å². The number of aromatic amines is 1. The Balaban J connectivity index is 2.01. The molecule has 0 aromatic carbocycles. The Morgan fingerprint density at radius 3 is 2.61 bits per heavy atom. The number of anilines is 1. The number of aromatic nitrogens is 2. The maximum Gasteiger partial charge on any atom is 0.124 e. The third-order valence-electron chi connectivity index (χ3n) is 3.33. The van der Waals surface area contributed by atoms with Crippen LogP contribution in [0.4, 0.5) is 5.82 Å². The zero-order valence-corrected chi connectivity index (χ0v) is 10.1. The van der Waals surface area contributed by atoms with Gasteiger partial charge in [0.1, 0.15) is 11.9 Å². The molecule has 18 heavy (non-hydrogen) atoms. The van der Waals surface area contributed by atoms with E-state index in [1.165, 1.54) is 12.8 Å². The molecule has 3 heterocycles. The number of nitrogens with zero attached hydrogens (tertiary/aromatic N) is 3. The monoisotopic (exact) mass is 238 g/mol. The molecule has 2 aromatic rings. The lowest BCUT2D eigenvalue weighted by Gasteiger charge is -2.15. The van der Waals surface area contributed by atoms with Gasteiger partial charge in [0.05, 0.1) is 5.56 Å². The minimum absolute atomic E-state index is 0.726. The molecule has 4 heteroatoms. The second kappa shape index (κ2) is 4.53. The van der Waals surface area contributed by atoms with Crippen LogP contribution in [0.2, 0.25) is 0 Å². The van der Waals surface area contributed by atoms with Crippen molar-refractivity contribution in [3.05, 3.63) is 36.2 Å². The number of nitrogens with one attached hydrogen (secondary N) is 1. The van der Waals surface area contributed by atoms with E-state index >= 15 is 0 Å². The Bertz CT molecular complexity index is 574. The molecule has 90 valence electrons. The highest BCUT2D eigenvalue weighted by molar-refractivity contribution is 5.69. The number of hydrogen-bond acceptors (Lipinski definition) is 3. The zero-order chi connectivity index (χ0) is 12.4. The molecule has 1 fully saturated rings. The highest BCUT2D eigenvalue weighted by atomic mass is 15.2. The van der Waals surface area contributed by atoms with Gasteiger partial charge >= 0.3 is 0 Å². The van der Waals surface area contributed by atoms with Crippen molar-refractivity contribution in [1.29, 1.82) is 5.26 Å². The lowest BCUT2D eigenvalue weighted by Crippen LogP contribution is -2.18. The van der Waals surface area contributed by atoms with Gasteiger partial charge in [0.15, 0.2) is 0 Å². The summed E-state index contributed by atoms with van der Waals surface area (Å²) in [7, 11) is 0. The molecule has 0 radical (unpaired) electrons. The lowest BCUT2D eigenvalue weighted by atomic mass is 10.2. The molecule has 3 rings (SSSR count). The molecule has 0 bridgehead atoms. The van der Waals surface area contributed by atoms with Crippen LogP contribution in [0.25, 0.3) is 11.3 Å². The predicted molar refractivity (Wildman–Crippen MR) is 70.2 cm³/mol. The van der Waals surface area contributed by atoms with Gasteiger partial charge in [-0.1, -0.05) is 0 Å². The highest BCUT2D eigenvalue weighted by Crippen LogP contribution is 2.28. The van der Waals surface area contributed by atoms with Crippen LogP contribution in [0.15, 0.2) is 30.6 Å². The minimum Gasteiger partial charge on any atom is -0.357 e. The fourth-order valence-electron chi connectivity index (χ4n) is 2.41. The second-order valence-corrected chi connectivity index (χ2v) is 4.49. The van der Waals surface area contributed by atoms with E-state index in [-0.39, 0.29) is 0 Å². The van der Waals surface area contributed by atoms with E-state index in [2.05, 4.69) is 20.9 Å². The number of pyridine rings is 1. The Kier molecular flexibility index (Phi) is 2.73. The van der Waals surface area contributed by atoms with Gasteiger partial charge in [0.2, 0.25) is 0 Å². The van der Waals surface area contributed by atoms with Crippen LogP contribution in [0, 0.1) is 11.3 Å². The van der Waals surface area contributed by atoms with E-state index in [4.69, 9.17) is 0 Å². The normalized spacial score (nSPS) is 14.7. The summed E-state index contributed by atoms with van der Waals surface area (Å²) < 4.78 is 0. The van der Waals surface area contributed by atoms with Gasteiger partial charge in [0, 0.05) is 36.7 Å². The molecule has 0 spiro atoms. The zero-order valence-electron chi connectivity index (χ0n) is 10.1. The van der Waals surface area contributed by atoms with E-state index in [1.807, 2.05) is 18.2 Å². The Hall–Kier alpha value is -2.28. The lowest BCUT2D eigenvalue weighted by molar-refractivity contribution is 0.944. The van der Waals surface area contributed by atoms with Crippen LogP contribution < -0.4 is 4.90 Å². The predicted octanol–water partition coefficient (Wildman–Crippen LogP) is 2.55. The first kappa shape index (κ1) is 10.8. The van der Waals surface area contributed by atoms with Crippen LogP contribution in [-0.4, -0.2) is 23.1 Å². The van der Waals surface area contributed by atoms with E-state index in [9.17, 15) is 5.26 Å². The first-order chi connectivity index (χ1) is 8.88. The summed E-state index contributed by atoms with van der Waals surface area (Å²) in [6.07, 6.45) is 5.93. The average molecular weight is 238 g/mol. The summed E-state index contributed by atoms with van der Waals surface area (Å²) in [6.45, 7) is 2.07. The van der Waals surface area contributed by atoms with Gasteiger partial charge < -0.3 is 9.88 Å². The minimum atomic E-state index is 0.726. The number of H-pyrrole nitrogens is 1. The first-order valence-corrected chi connectivity index (χ1v) is 6.17. The summed E-state index contributed by atoms with van der Waals surface area (Å²) in [5, 5.41) is 9.23. The number of rotatable bonds is 2. The molecule has 1 aliphatic rings. The number of hydrogen-bond donors (Lipinski definition) is 1. The maximum atomic E-state index is 9.23. The molecule has 0 saturated carbocycles. The van der Waals surface area contributed by atoms with Crippen LogP contribution in [0.1, 0.15) is 18.4 Å². The van der Waals surface area contributed by atoms with Gasteiger partial charge in [-0.2, -0.15) is 5.26 Å². The van der Waals surface area contributed by atoms with E-state index < -0.39 is 0 Å². The molecule has 0 atom stereocenters. The molecule has 1 N–H and O–H groups in total. The van der Waals surface area contributed by atoms with Crippen LogP contribution >= 0.6 is 0 Å². The largest absolute Gasteiger partial charge is 0.357 e. The van der Waals surface area contributed by atoms with E-state index in [1.54, 1.807) is 12.4 Å². The van der Waals surface area contributed by atoms with Crippen LogP contribution in [0.3, 0.4) is 0 Å². The summed E-state index contributed by atoms with van der Waals surface area (Å²) in [4.78, 5) is 9.63. The summed E-state index contributed by atoms with van der Waals surface area (Å²) in [5.41, 5.74) is 2.77. The third kappa shape index (κ3) is 1.84. The molecule has 1 saturated heterocycles. The highest BCUT2D eigenvalue weighted by Gasteiger charge is 2.18. The second-order valence-electron chi connectivity index (χ2n) is 4.49. The number of nitriles is 1. The SMILES string of the molecule is N#Cc1cc(-c2ccncc2)[nH]c1N1CCCC1. The fraction of sp³-hybridized carbons (Fsp3) is 0.286. The van der Waals surface area contributed by atoms with Crippen molar-refractivity contribution >= 4 is 5.82 Å².